The highest BCUT2D eigenvalue weighted by Gasteiger charge is 2.16. The first-order valence-corrected chi connectivity index (χ1v) is 7.99. The van der Waals surface area contributed by atoms with Crippen LogP contribution >= 0.6 is 22.9 Å². The van der Waals surface area contributed by atoms with E-state index < -0.39 is 10.0 Å². The average molecular weight is 319 g/mol. The fraction of sp³-hybridized carbons (Fsp3) is 0.182. The van der Waals surface area contributed by atoms with E-state index in [4.69, 9.17) is 16.7 Å². The molecule has 0 aliphatic heterocycles. The summed E-state index contributed by atoms with van der Waals surface area (Å²) in [6, 6.07) is 7.00. The van der Waals surface area contributed by atoms with Crippen LogP contribution in [0.4, 0.5) is 0 Å². The lowest BCUT2D eigenvalue weighted by molar-refractivity contribution is 0.282. The van der Waals surface area contributed by atoms with E-state index in [9.17, 15) is 8.42 Å². The number of aliphatic hydroxyl groups excluding tert-OH is 1. The lowest BCUT2D eigenvalue weighted by atomic mass is 10.1. The van der Waals surface area contributed by atoms with Crippen LogP contribution in [0.2, 0.25) is 4.47 Å². The molecule has 5 nitrogen and oxygen atoms in total. The second-order valence-electron chi connectivity index (χ2n) is 3.73. The van der Waals surface area contributed by atoms with Crippen LogP contribution in [-0.2, 0) is 23.2 Å². The van der Waals surface area contributed by atoms with Crippen molar-refractivity contribution in [3.8, 4) is 0 Å². The summed E-state index contributed by atoms with van der Waals surface area (Å²) in [5.41, 5.74) is 1.58. The maximum atomic E-state index is 11.9. The summed E-state index contributed by atoms with van der Waals surface area (Å²) in [4.78, 5) is 3.70. The van der Waals surface area contributed by atoms with Crippen molar-refractivity contribution in [2.45, 2.75) is 17.4 Å². The molecular weight excluding hydrogens is 308 g/mol. The van der Waals surface area contributed by atoms with Gasteiger partial charge < -0.3 is 5.11 Å². The van der Waals surface area contributed by atoms with Crippen molar-refractivity contribution in [3.05, 3.63) is 46.1 Å². The van der Waals surface area contributed by atoms with Gasteiger partial charge in [0, 0.05) is 6.54 Å². The van der Waals surface area contributed by atoms with Gasteiger partial charge in [-0.05, 0) is 11.1 Å². The summed E-state index contributed by atoms with van der Waals surface area (Å²) >= 11 is 6.52. The monoisotopic (exact) mass is 318 g/mol. The Kier molecular flexibility index (Phi) is 4.54. The largest absolute Gasteiger partial charge is 0.392 e. The molecular formula is C11H11ClN2O3S2. The van der Waals surface area contributed by atoms with Crippen LogP contribution in [0.1, 0.15) is 11.1 Å². The van der Waals surface area contributed by atoms with Gasteiger partial charge >= 0.3 is 0 Å². The number of aromatic nitrogens is 1. The predicted molar refractivity (Wildman–Crippen MR) is 73.5 cm³/mol. The van der Waals surface area contributed by atoms with Crippen molar-refractivity contribution in [1.29, 1.82) is 0 Å². The van der Waals surface area contributed by atoms with E-state index in [0.29, 0.717) is 0 Å². The zero-order valence-corrected chi connectivity index (χ0v) is 12.1. The number of rotatable bonds is 5. The quantitative estimate of drug-likeness (QED) is 0.880. The van der Waals surface area contributed by atoms with E-state index in [-0.39, 0.29) is 21.8 Å². The van der Waals surface area contributed by atoms with Gasteiger partial charge in [-0.15, -0.1) is 0 Å². The van der Waals surface area contributed by atoms with Crippen LogP contribution in [-0.4, -0.2) is 18.5 Å². The Morgan fingerprint density at radius 3 is 2.42 bits per heavy atom. The summed E-state index contributed by atoms with van der Waals surface area (Å²) < 4.78 is 26.5. The molecule has 1 aromatic carbocycles. The second-order valence-corrected chi connectivity index (χ2v) is 7.34. The number of aliphatic hydroxyl groups is 1. The first-order chi connectivity index (χ1) is 9.01. The molecule has 1 aromatic heterocycles. The first kappa shape index (κ1) is 14.4. The normalized spacial score (nSPS) is 11.7. The Labute approximate surface area is 119 Å². The number of halogens is 1. The predicted octanol–water partition coefficient (Wildman–Crippen LogP) is 1.77. The molecule has 1 heterocycles. The molecule has 0 atom stereocenters. The summed E-state index contributed by atoms with van der Waals surface area (Å²) in [5.74, 6) is 0. The lowest BCUT2D eigenvalue weighted by Crippen LogP contribution is -2.22. The minimum Gasteiger partial charge on any atom is -0.392 e. The molecule has 19 heavy (non-hydrogen) atoms. The molecule has 0 spiro atoms. The minimum absolute atomic E-state index is 0.0363. The smallest absolute Gasteiger partial charge is 0.252 e. The summed E-state index contributed by atoms with van der Waals surface area (Å²) in [7, 11) is -3.58. The van der Waals surface area contributed by atoms with Gasteiger partial charge in [-0.3, -0.25) is 0 Å². The SMILES string of the molecule is O=S(=O)(NCc1ccc(CO)cc1)c1cnc(Cl)s1. The Morgan fingerprint density at radius 1 is 1.26 bits per heavy atom. The zero-order chi connectivity index (χ0) is 13.9. The van der Waals surface area contributed by atoms with Crippen LogP contribution in [0.5, 0.6) is 0 Å². The van der Waals surface area contributed by atoms with Gasteiger partial charge in [-0.25, -0.2) is 18.1 Å². The minimum atomic E-state index is -3.58. The fourth-order valence-corrected chi connectivity index (χ4v) is 3.73. The lowest BCUT2D eigenvalue weighted by Gasteiger charge is -2.05. The van der Waals surface area contributed by atoms with Crippen molar-refractivity contribution in [2.75, 3.05) is 0 Å². The Bertz CT molecular complexity index is 653. The van der Waals surface area contributed by atoms with Gasteiger partial charge in [0.25, 0.3) is 10.0 Å². The van der Waals surface area contributed by atoms with Crippen LogP contribution in [0.3, 0.4) is 0 Å². The van der Waals surface area contributed by atoms with E-state index in [1.165, 1.54) is 6.20 Å². The van der Waals surface area contributed by atoms with Crippen LogP contribution < -0.4 is 4.72 Å². The van der Waals surface area contributed by atoms with Crippen LogP contribution in [0.15, 0.2) is 34.7 Å². The average Bonchev–Trinajstić information content (AvgIpc) is 2.85. The number of hydrogen-bond acceptors (Lipinski definition) is 5. The highest BCUT2D eigenvalue weighted by Crippen LogP contribution is 2.22. The van der Waals surface area contributed by atoms with Gasteiger partial charge in [0.05, 0.1) is 12.8 Å². The molecule has 0 fully saturated rings. The molecule has 0 bridgehead atoms. The summed E-state index contributed by atoms with van der Waals surface area (Å²) in [6.07, 6.45) is 1.23. The molecule has 102 valence electrons. The molecule has 8 heteroatoms. The third-order valence-corrected chi connectivity index (χ3v) is 5.37. The number of nitrogens with zero attached hydrogens (tertiary/aromatic N) is 1. The standard InChI is InChI=1S/C11H11ClN2O3S2/c12-11-13-6-10(18-11)19(16,17)14-5-8-1-3-9(7-15)4-2-8/h1-4,6,14-15H,5,7H2. The van der Waals surface area contributed by atoms with Gasteiger partial charge in [-0.1, -0.05) is 47.2 Å². The highest BCUT2D eigenvalue weighted by atomic mass is 35.5. The van der Waals surface area contributed by atoms with Crippen molar-refractivity contribution in [3.63, 3.8) is 0 Å². The Balaban J connectivity index is 2.05. The van der Waals surface area contributed by atoms with E-state index in [0.717, 1.165) is 22.5 Å². The molecule has 0 saturated heterocycles. The highest BCUT2D eigenvalue weighted by molar-refractivity contribution is 7.91. The number of hydrogen-bond donors (Lipinski definition) is 2. The zero-order valence-electron chi connectivity index (χ0n) is 9.71. The third-order valence-electron chi connectivity index (χ3n) is 2.39. The first-order valence-electron chi connectivity index (χ1n) is 5.31. The maximum Gasteiger partial charge on any atom is 0.252 e. The molecule has 0 aliphatic rings. The molecule has 0 amide bonds. The molecule has 0 unspecified atom stereocenters. The topological polar surface area (TPSA) is 79.3 Å². The van der Waals surface area contributed by atoms with Gasteiger partial charge in [0.15, 0.2) is 8.68 Å². The van der Waals surface area contributed by atoms with E-state index in [2.05, 4.69) is 9.71 Å². The van der Waals surface area contributed by atoms with Gasteiger partial charge in [0.1, 0.15) is 0 Å². The molecule has 0 saturated carbocycles. The number of benzene rings is 1. The third kappa shape index (κ3) is 3.74. The Morgan fingerprint density at radius 2 is 1.89 bits per heavy atom. The van der Waals surface area contributed by atoms with Crippen molar-refractivity contribution in [2.24, 2.45) is 0 Å². The second kappa shape index (κ2) is 5.98. The molecule has 0 aliphatic carbocycles. The van der Waals surface area contributed by atoms with Crippen LogP contribution in [0.25, 0.3) is 0 Å². The maximum absolute atomic E-state index is 11.9. The van der Waals surface area contributed by atoms with Crippen molar-refractivity contribution < 1.29 is 13.5 Å². The molecule has 2 aromatic rings. The summed E-state index contributed by atoms with van der Waals surface area (Å²) in [6.45, 7) is 0.134. The summed E-state index contributed by atoms with van der Waals surface area (Å²) in [5, 5.41) is 8.91. The van der Waals surface area contributed by atoms with Crippen LogP contribution in [0, 0.1) is 0 Å². The van der Waals surface area contributed by atoms with Gasteiger partial charge in [0.2, 0.25) is 0 Å². The van der Waals surface area contributed by atoms with E-state index >= 15 is 0 Å². The van der Waals surface area contributed by atoms with Crippen molar-refractivity contribution in [1.82, 2.24) is 9.71 Å². The van der Waals surface area contributed by atoms with E-state index in [1.54, 1.807) is 24.3 Å². The van der Waals surface area contributed by atoms with E-state index in [1.807, 2.05) is 0 Å². The fourth-order valence-electron chi connectivity index (χ4n) is 1.38. The number of sulfonamides is 1. The molecule has 2 rings (SSSR count). The number of nitrogens with one attached hydrogen (secondary N) is 1. The Hall–Kier alpha value is -0.990. The van der Waals surface area contributed by atoms with Crippen molar-refractivity contribution >= 4 is 33.0 Å². The number of thiazole rings is 1. The molecule has 0 radical (unpaired) electrons. The molecule has 2 N–H and O–H groups in total. The van der Waals surface area contributed by atoms with Gasteiger partial charge in [-0.2, -0.15) is 0 Å².